The van der Waals surface area contributed by atoms with Crippen molar-refractivity contribution in [3.8, 4) is 0 Å². The Morgan fingerprint density at radius 1 is 0.936 bits per heavy atom. The lowest BCUT2D eigenvalue weighted by Crippen LogP contribution is -2.61. The molecule has 8 N–H and O–H groups in total. The fourth-order valence-corrected chi connectivity index (χ4v) is 6.00. The largest absolute Gasteiger partial charge is 0.481 e. The van der Waals surface area contributed by atoms with E-state index in [0.717, 1.165) is 0 Å². The summed E-state index contributed by atoms with van der Waals surface area (Å²) in [7, 11) is 0. The van der Waals surface area contributed by atoms with E-state index in [-0.39, 0.29) is 25.4 Å². The molecule has 0 spiro atoms. The highest BCUT2D eigenvalue weighted by Crippen LogP contribution is 2.39. The van der Waals surface area contributed by atoms with E-state index in [1.54, 1.807) is 56.4 Å². The number of allylic oxidation sites excluding steroid dienone is 6. The van der Waals surface area contributed by atoms with Crippen LogP contribution in [0.5, 0.6) is 0 Å². The number of aliphatic hydroxyl groups is 5. The highest BCUT2D eigenvalue weighted by Gasteiger charge is 2.51. The van der Waals surface area contributed by atoms with Crippen LogP contribution in [-0.4, -0.2) is 122 Å². The van der Waals surface area contributed by atoms with E-state index in [9.17, 15) is 40.2 Å². The Labute approximate surface area is 273 Å². The smallest absolute Gasteiger partial charge is 0.330 e. The van der Waals surface area contributed by atoms with Gasteiger partial charge >= 0.3 is 11.9 Å². The molecule has 4 aliphatic heterocycles. The van der Waals surface area contributed by atoms with Gasteiger partial charge in [-0.2, -0.15) is 0 Å². The molecule has 3 fully saturated rings. The maximum atomic E-state index is 12.3. The first-order valence-corrected chi connectivity index (χ1v) is 15.9. The Morgan fingerprint density at radius 3 is 2.36 bits per heavy atom. The third-order valence-corrected chi connectivity index (χ3v) is 8.58. The molecule has 14 nitrogen and oxygen atoms in total. The van der Waals surface area contributed by atoms with Gasteiger partial charge in [0, 0.05) is 38.2 Å². The average molecular weight is 666 g/mol. The molecule has 2 unspecified atom stereocenters. The molecule has 47 heavy (non-hydrogen) atoms. The third-order valence-electron chi connectivity index (χ3n) is 8.58. The predicted octanol–water partition coefficient (Wildman–Crippen LogP) is 0.120. The van der Waals surface area contributed by atoms with Gasteiger partial charge in [0.15, 0.2) is 12.1 Å². The van der Waals surface area contributed by atoms with Gasteiger partial charge in [-0.25, -0.2) is 4.79 Å². The molecular formula is C33H47NO13. The van der Waals surface area contributed by atoms with Gasteiger partial charge in [0.05, 0.1) is 48.8 Å². The van der Waals surface area contributed by atoms with Gasteiger partial charge in [-0.15, -0.1) is 0 Å². The fraction of sp³-hybridized carbons (Fsp3) is 0.636. The molecule has 0 saturated carbocycles. The Morgan fingerprint density at radius 2 is 1.64 bits per heavy atom. The predicted molar refractivity (Wildman–Crippen MR) is 165 cm³/mol. The minimum Gasteiger partial charge on any atom is -0.481 e. The van der Waals surface area contributed by atoms with Crippen LogP contribution in [0.3, 0.4) is 0 Å². The molecule has 0 aromatic heterocycles. The third kappa shape index (κ3) is 10.6. The number of fused-ring (bicyclic) bond motifs is 3. The lowest BCUT2D eigenvalue weighted by Gasteiger charge is -2.45. The number of esters is 1. The minimum atomic E-state index is -2.10. The van der Waals surface area contributed by atoms with Crippen molar-refractivity contribution in [2.75, 3.05) is 0 Å². The molecule has 14 atom stereocenters. The first kappa shape index (κ1) is 37.1. The van der Waals surface area contributed by atoms with E-state index in [0.29, 0.717) is 6.42 Å². The summed E-state index contributed by atoms with van der Waals surface area (Å²) in [5, 5.41) is 63.9. The van der Waals surface area contributed by atoms with Crippen molar-refractivity contribution >= 4 is 11.9 Å². The van der Waals surface area contributed by atoms with Crippen LogP contribution < -0.4 is 5.73 Å². The van der Waals surface area contributed by atoms with E-state index in [1.165, 1.54) is 12.2 Å². The number of aliphatic hydroxyl groups excluding tert-OH is 4. The number of aliphatic carboxylic acids is 1. The number of hydrogen-bond acceptors (Lipinski definition) is 13. The molecule has 4 aliphatic rings. The zero-order valence-electron chi connectivity index (χ0n) is 26.4. The first-order valence-electron chi connectivity index (χ1n) is 15.9. The molecule has 0 aliphatic carbocycles. The van der Waals surface area contributed by atoms with Crippen LogP contribution in [0.15, 0.2) is 60.8 Å². The number of epoxide rings is 1. The van der Waals surface area contributed by atoms with Crippen molar-refractivity contribution in [2.24, 2.45) is 11.7 Å². The first-order chi connectivity index (χ1) is 22.3. The molecule has 4 rings (SSSR count). The number of carbonyl (C=O) groups is 2. The minimum absolute atomic E-state index is 0.0789. The van der Waals surface area contributed by atoms with Gasteiger partial charge in [0.1, 0.15) is 24.2 Å². The van der Waals surface area contributed by atoms with Crippen molar-refractivity contribution in [3.63, 3.8) is 0 Å². The Balaban J connectivity index is 1.58. The van der Waals surface area contributed by atoms with Gasteiger partial charge in [0.25, 0.3) is 0 Å². The highest BCUT2D eigenvalue weighted by atomic mass is 16.7. The number of hydrogen-bond donors (Lipinski definition) is 7. The molecule has 0 aromatic rings. The second-order valence-electron chi connectivity index (χ2n) is 12.6. The van der Waals surface area contributed by atoms with E-state index in [4.69, 9.17) is 29.4 Å². The number of carbonyl (C=O) groups excluding carboxylic acids is 1. The molecule has 4 heterocycles. The summed E-state index contributed by atoms with van der Waals surface area (Å²) in [5.74, 6) is -5.45. The number of nitrogens with two attached hydrogens (primary N) is 1. The number of cyclic esters (lactones) is 1. The molecule has 0 amide bonds. The summed E-state index contributed by atoms with van der Waals surface area (Å²) in [5.41, 5.74) is 5.98. The van der Waals surface area contributed by atoms with Gasteiger partial charge in [-0.1, -0.05) is 48.6 Å². The Hall–Kier alpha value is -2.76. The summed E-state index contributed by atoms with van der Waals surface area (Å²) < 4.78 is 28.5. The zero-order chi connectivity index (χ0) is 34.3. The lowest BCUT2D eigenvalue weighted by molar-refractivity contribution is -0.308. The monoisotopic (exact) mass is 665 g/mol. The van der Waals surface area contributed by atoms with Crippen LogP contribution >= 0.6 is 0 Å². The number of rotatable bonds is 3. The SMILES string of the molecule is C[C@@H]1CC=CC=CC=CC=C[C@H](OC2O[C@H](C)[C@@H](O)[C@H](N)[C@@H]2O)CC2O[C@](O)(C[C@@H](O)C[C@H]3O[C@@H]3C=CC(=O)O1)C[C@H](O)[C@H]2C(=O)O. The second-order valence-corrected chi connectivity index (χ2v) is 12.6. The van der Waals surface area contributed by atoms with Crippen molar-refractivity contribution in [2.45, 2.75) is 125 Å². The van der Waals surface area contributed by atoms with E-state index >= 15 is 0 Å². The summed E-state index contributed by atoms with van der Waals surface area (Å²) in [6.45, 7) is 3.34. The van der Waals surface area contributed by atoms with Gasteiger partial charge in [0.2, 0.25) is 0 Å². The molecule has 0 aromatic carbocycles. The van der Waals surface area contributed by atoms with Crippen LogP contribution in [0, 0.1) is 5.92 Å². The van der Waals surface area contributed by atoms with Crippen LogP contribution in [0.2, 0.25) is 0 Å². The highest BCUT2D eigenvalue weighted by molar-refractivity contribution is 5.82. The normalized spacial score (nSPS) is 43.8. The van der Waals surface area contributed by atoms with Crippen LogP contribution in [0.1, 0.15) is 46.0 Å². The van der Waals surface area contributed by atoms with Crippen molar-refractivity contribution < 1.29 is 63.9 Å². The molecule has 262 valence electrons. The average Bonchev–Trinajstić information content (AvgIpc) is 3.72. The fourth-order valence-electron chi connectivity index (χ4n) is 6.00. The molecule has 2 bridgehead atoms. The number of ether oxygens (including phenoxy) is 5. The topological polar surface area (TPSA) is 231 Å². The van der Waals surface area contributed by atoms with Crippen molar-refractivity contribution in [1.29, 1.82) is 0 Å². The number of carboxylic acid groups (broad SMARTS) is 1. The second kappa shape index (κ2) is 16.6. The van der Waals surface area contributed by atoms with E-state index in [1.807, 2.05) is 6.08 Å². The van der Waals surface area contributed by atoms with Gasteiger partial charge < -0.3 is 60.1 Å². The quantitative estimate of drug-likeness (QED) is 0.157. The van der Waals surface area contributed by atoms with E-state index < -0.39 is 97.3 Å². The summed E-state index contributed by atoms with van der Waals surface area (Å²) in [6, 6.07) is -1.08. The maximum Gasteiger partial charge on any atom is 0.330 e. The molecule has 14 heteroatoms. The standard InChI is InChI=1S/C33H47NO13/c1-18-10-8-6-4-3-5-7-9-11-21(45-32-30(39)28(34)29(38)19(2)44-32)15-25-27(31(40)41)22(36)17-33(42,47-25)16-20(35)14-24-23(46-24)12-13-26(37)43-18/h3-9,11-13,18-25,27-30,32,35-36,38-39,42H,10,14-17,34H2,1-2H3,(H,40,41)/t18-,19-,20+,21+,22+,23-,24-,25?,27-,28+,29-,30+,32?,33-/m1/s1. The summed E-state index contributed by atoms with van der Waals surface area (Å²) >= 11 is 0. The summed E-state index contributed by atoms with van der Waals surface area (Å²) in [4.78, 5) is 24.4. The Bertz CT molecular complexity index is 1220. The molecular weight excluding hydrogens is 618 g/mol. The van der Waals surface area contributed by atoms with E-state index in [2.05, 4.69) is 0 Å². The van der Waals surface area contributed by atoms with Crippen molar-refractivity contribution in [1.82, 2.24) is 0 Å². The summed E-state index contributed by atoms with van der Waals surface area (Å²) in [6.07, 6.45) is 5.25. The zero-order valence-corrected chi connectivity index (χ0v) is 26.4. The van der Waals surface area contributed by atoms with Crippen LogP contribution in [0.25, 0.3) is 0 Å². The molecule has 3 saturated heterocycles. The lowest BCUT2D eigenvalue weighted by atomic mass is 9.83. The Kier molecular flexibility index (Phi) is 13.1. The van der Waals surface area contributed by atoms with Crippen LogP contribution in [0.4, 0.5) is 0 Å². The molecule has 0 radical (unpaired) electrons. The van der Waals surface area contributed by atoms with Gasteiger partial charge in [-0.3, -0.25) is 4.79 Å². The van der Waals surface area contributed by atoms with Crippen molar-refractivity contribution in [3.05, 3.63) is 60.8 Å². The van der Waals surface area contributed by atoms with Crippen LogP contribution in [-0.2, 0) is 33.3 Å². The van der Waals surface area contributed by atoms with Gasteiger partial charge in [-0.05, 0) is 19.9 Å². The maximum absolute atomic E-state index is 12.3. The number of carboxylic acids is 1.